The first kappa shape index (κ1) is 32.1. The van der Waals surface area contributed by atoms with Crippen LogP contribution in [0.1, 0.15) is 76.4 Å². The van der Waals surface area contributed by atoms with Gasteiger partial charge in [-0.3, -0.25) is 4.79 Å². The molecule has 6 rings (SSSR count). The number of ketones is 1. The van der Waals surface area contributed by atoms with E-state index in [2.05, 4.69) is 41.2 Å². The van der Waals surface area contributed by atoms with Crippen LogP contribution in [0.25, 0.3) is 22.3 Å². The molecule has 10 nitrogen and oxygen atoms in total. The van der Waals surface area contributed by atoms with Gasteiger partial charge in [-0.1, -0.05) is 44.1 Å². The molecule has 236 valence electrons. The number of aromatic nitrogens is 5. The molecule has 2 aromatic carbocycles. The number of ether oxygens (including phenoxy) is 1. The van der Waals surface area contributed by atoms with E-state index >= 15 is 0 Å². The van der Waals surface area contributed by atoms with E-state index in [1.807, 2.05) is 65.3 Å². The van der Waals surface area contributed by atoms with E-state index in [1.165, 1.54) is 6.33 Å². The summed E-state index contributed by atoms with van der Waals surface area (Å²) >= 11 is 0. The Kier molecular flexibility index (Phi) is 9.55. The van der Waals surface area contributed by atoms with E-state index in [0.717, 1.165) is 65.2 Å². The fraction of sp³-hybridized carbons (Fsp3) is 0.382. The first-order valence-electron chi connectivity index (χ1n) is 15.2. The fourth-order valence-corrected chi connectivity index (χ4v) is 6.01. The molecule has 0 unspecified atom stereocenters. The molecule has 3 N–H and O–H groups in total. The molecule has 1 saturated carbocycles. The minimum atomic E-state index is -0.477. The summed E-state index contributed by atoms with van der Waals surface area (Å²) < 4.78 is 13.5. The third kappa shape index (κ3) is 6.87. The summed E-state index contributed by atoms with van der Waals surface area (Å²) in [5, 5.41) is 13.1. The zero-order valence-electron chi connectivity index (χ0n) is 26.1. The Bertz CT molecular complexity index is 1740. The molecule has 1 aliphatic carbocycles. The van der Waals surface area contributed by atoms with Gasteiger partial charge in [-0.25, -0.2) is 14.6 Å². The standard InChI is InChI=1S/C34H39N7O3.ClH/c1-34(2,3)28-19-26(40-44-28)31(36-4)27(42)18-21-10-14-23(15-11-21)41-33-29(32(35)37-20-38-33)30(39-41)22-12-16-25(17-13-22)43-24-8-6-5-7-9-24;/h5-9,12-13,16-17,19-21,23,31,36H,10-11,14-15,18H2,1-4H3,(H2,35,37,38);1H/t21?,23?,31-;/m0./s1. The van der Waals surface area contributed by atoms with Crippen molar-refractivity contribution in [1.82, 2.24) is 30.2 Å². The number of para-hydroxylation sites is 1. The summed E-state index contributed by atoms with van der Waals surface area (Å²) in [4.78, 5) is 22.2. The minimum absolute atomic E-state index is 0. The topological polar surface area (TPSA) is 134 Å². The highest BCUT2D eigenvalue weighted by molar-refractivity contribution is 5.98. The number of fused-ring (bicyclic) bond motifs is 1. The van der Waals surface area contributed by atoms with Gasteiger partial charge in [0.15, 0.2) is 11.4 Å². The minimum Gasteiger partial charge on any atom is -0.457 e. The molecule has 5 aromatic rings. The molecule has 1 fully saturated rings. The number of nitrogens with two attached hydrogens (primary N) is 1. The number of carbonyl (C=O) groups is 1. The number of nitrogens with zero attached hydrogens (tertiary/aromatic N) is 5. The molecular weight excluding hydrogens is 590 g/mol. The predicted molar refractivity (Wildman–Crippen MR) is 177 cm³/mol. The van der Waals surface area contributed by atoms with Crippen molar-refractivity contribution in [2.24, 2.45) is 5.92 Å². The maximum Gasteiger partial charge on any atom is 0.164 e. The van der Waals surface area contributed by atoms with Crippen molar-refractivity contribution in [2.75, 3.05) is 12.8 Å². The van der Waals surface area contributed by atoms with Crippen LogP contribution in [-0.4, -0.2) is 37.7 Å². The molecule has 0 amide bonds. The van der Waals surface area contributed by atoms with Crippen molar-refractivity contribution in [3.8, 4) is 22.8 Å². The highest BCUT2D eigenvalue weighted by Gasteiger charge is 2.31. The summed E-state index contributed by atoms with van der Waals surface area (Å²) in [6.45, 7) is 6.20. The molecule has 1 aliphatic rings. The summed E-state index contributed by atoms with van der Waals surface area (Å²) in [5.41, 5.74) is 9.24. The van der Waals surface area contributed by atoms with Crippen molar-refractivity contribution >= 4 is 35.0 Å². The van der Waals surface area contributed by atoms with Gasteiger partial charge in [0.2, 0.25) is 0 Å². The second-order valence-corrected chi connectivity index (χ2v) is 12.6. The third-order valence-corrected chi connectivity index (χ3v) is 8.45. The van der Waals surface area contributed by atoms with E-state index in [1.54, 1.807) is 7.05 Å². The van der Waals surface area contributed by atoms with Gasteiger partial charge in [-0.2, -0.15) is 5.10 Å². The first-order chi connectivity index (χ1) is 21.2. The molecule has 45 heavy (non-hydrogen) atoms. The molecule has 0 aliphatic heterocycles. The summed E-state index contributed by atoms with van der Waals surface area (Å²) in [7, 11) is 1.79. The van der Waals surface area contributed by atoms with Crippen LogP contribution in [0.2, 0.25) is 0 Å². The number of benzene rings is 2. The first-order valence-corrected chi connectivity index (χ1v) is 15.2. The number of hydrogen-bond acceptors (Lipinski definition) is 9. The van der Waals surface area contributed by atoms with Gasteiger partial charge in [0.25, 0.3) is 0 Å². The van der Waals surface area contributed by atoms with Crippen LogP contribution in [0, 0.1) is 5.92 Å². The number of carbonyl (C=O) groups excluding carboxylic acids is 1. The van der Waals surface area contributed by atoms with Gasteiger partial charge in [0.1, 0.15) is 46.8 Å². The van der Waals surface area contributed by atoms with Crippen molar-refractivity contribution in [3.05, 3.63) is 78.4 Å². The molecule has 0 saturated heterocycles. The van der Waals surface area contributed by atoms with Gasteiger partial charge in [-0.05, 0) is 75.0 Å². The van der Waals surface area contributed by atoms with Crippen LogP contribution >= 0.6 is 12.4 Å². The highest BCUT2D eigenvalue weighted by Crippen LogP contribution is 2.39. The lowest BCUT2D eigenvalue weighted by Crippen LogP contribution is -2.29. The molecule has 11 heteroatoms. The van der Waals surface area contributed by atoms with Crippen LogP contribution in [0.3, 0.4) is 0 Å². The number of anilines is 1. The maximum atomic E-state index is 13.4. The summed E-state index contributed by atoms with van der Waals surface area (Å²) in [6, 6.07) is 19.1. The second-order valence-electron chi connectivity index (χ2n) is 12.6. The van der Waals surface area contributed by atoms with Crippen molar-refractivity contribution in [3.63, 3.8) is 0 Å². The Hall–Kier alpha value is -4.28. The Balaban J connectivity index is 0.00000400. The van der Waals surface area contributed by atoms with E-state index in [-0.39, 0.29) is 29.6 Å². The molecule has 3 heterocycles. The maximum absolute atomic E-state index is 13.4. The molecule has 3 aromatic heterocycles. The predicted octanol–water partition coefficient (Wildman–Crippen LogP) is 7.23. The number of rotatable bonds is 9. The number of nitrogen functional groups attached to an aromatic ring is 1. The zero-order chi connectivity index (χ0) is 30.8. The average Bonchev–Trinajstić information content (AvgIpc) is 3.66. The fourth-order valence-electron chi connectivity index (χ4n) is 6.01. The monoisotopic (exact) mass is 629 g/mol. The SMILES string of the molecule is CN[C@H](C(=O)CC1CCC(n2nc(-c3ccc(Oc4ccccc4)cc3)c3c(N)ncnc32)CC1)c1cc(C(C)(C)C)on1.Cl. The van der Waals surface area contributed by atoms with Gasteiger partial charge >= 0.3 is 0 Å². The highest BCUT2D eigenvalue weighted by atomic mass is 35.5. The number of nitrogens with one attached hydrogen (secondary N) is 1. The van der Waals surface area contributed by atoms with Gasteiger partial charge in [0.05, 0.1) is 11.4 Å². The van der Waals surface area contributed by atoms with Gasteiger partial charge in [0, 0.05) is 23.5 Å². The Morgan fingerprint density at radius 1 is 1.04 bits per heavy atom. The Morgan fingerprint density at radius 3 is 2.38 bits per heavy atom. The molecular formula is C34H40ClN7O3. The normalized spacial score (nSPS) is 17.5. The largest absolute Gasteiger partial charge is 0.457 e. The van der Waals surface area contributed by atoms with E-state index < -0.39 is 6.04 Å². The quantitative estimate of drug-likeness (QED) is 0.173. The zero-order valence-corrected chi connectivity index (χ0v) is 26.9. The van der Waals surface area contributed by atoms with Crippen LogP contribution < -0.4 is 15.8 Å². The third-order valence-electron chi connectivity index (χ3n) is 8.45. The molecule has 0 radical (unpaired) electrons. The average molecular weight is 630 g/mol. The van der Waals surface area contributed by atoms with Crippen LogP contribution in [0.15, 0.2) is 71.5 Å². The molecule has 0 bridgehead atoms. The van der Waals surface area contributed by atoms with Gasteiger partial charge in [-0.15, -0.1) is 12.4 Å². The van der Waals surface area contributed by atoms with E-state index in [4.69, 9.17) is 20.1 Å². The second kappa shape index (κ2) is 13.4. The number of hydrogen-bond donors (Lipinski definition) is 2. The lowest BCUT2D eigenvalue weighted by atomic mass is 9.82. The van der Waals surface area contributed by atoms with E-state index in [0.29, 0.717) is 23.9 Å². The van der Waals surface area contributed by atoms with Crippen LogP contribution in [-0.2, 0) is 10.2 Å². The number of likely N-dealkylation sites (N-methyl/N-ethyl adjacent to an activating group) is 1. The smallest absolute Gasteiger partial charge is 0.164 e. The lowest BCUT2D eigenvalue weighted by molar-refractivity contribution is -0.122. The van der Waals surface area contributed by atoms with Crippen molar-refractivity contribution in [1.29, 1.82) is 0 Å². The van der Waals surface area contributed by atoms with Crippen molar-refractivity contribution in [2.45, 2.75) is 70.4 Å². The molecule has 0 spiro atoms. The number of Topliss-reactive ketones (excluding diaryl/α,β-unsaturated/α-hetero) is 1. The number of halogens is 1. The van der Waals surface area contributed by atoms with Crippen LogP contribution in [0.5, 0.6) is 11.5 Å². The lowest BCUT2D eigenvalue weighted by Gasteiger charge is -2.29. The Labute approximate surface area is 269 Å². The van der Waals surface area contributed by atoms with E-state index in [9.17, 15) is 4.79 Å². The summed E-state index contributed by atoms with van der Waals surface area (Å²) in [6.07, 6.45) is 5.61. The molecule has 1 atom stereocenters. The summed E-state index contributed by atoms with van der Waals surface area (Å²) in [5.74, 6) is 3.12. The van der Waals surface area contributed by atoms with Crippen LogP contribution in [0.4, 0.5) is 5.82 Å². The van der Waals surface area contributed by atoms with Crippen molar-refractivity contribution < 1.29 is 14.1 Å². The Morgan fingerprint density at radius 2 is 1.73 bits per heavy atom. The van der Waals surface area contributed by atoms with Gasteiger partial charge < -0.3 is 20.3 Å².